The molecule has 0 unspecified atom stereocenters. The van der Waals surface area contributed by atoms with Crippen LogP contribution in [-0.2, 0) is 6.42 Å². The van der Waals surface area contributed by atoms with Crippen molar-refractivity contribution < 1.29 is 9.53 Å². The van der Waals surface area contributed by atoms with Crippen molar-refractivity contribution in [3.05, 3.63) is 53.1 Å². The Hall–Kier alpha value is -1.94. The summed E-state index contributed by atoms with van der Waals surface area (Å²) in [6.07, 6.45) is 4.85. The Bertz CT molecular complexity index is 558. The first-order valence-corrected chi connectivity index (χ1v) is 5.70. The number of Topliss-reactive ketones (excluding diaryl/α,β-unsaturated/α-hetero) is 1. The number of methoxy groups -OCH3 is 1. The van der Waals surface area contributed by atoms with Crippen molar-refractivity contribution in [1.82, 2.24) is 9.97 Å². The van der Waals surface area contributed by atoms with Crippen LogP contribution in [0.5, 0.6) is 5.75 Å². The van der Waals surface area contributed by atoms with E-state index in [9.17, 15) is 4.79 Å². The van der Waals surface area contributed by atoms with Gasteiger partial charge in [-0.25, -0.2) is 0 Å². The van der Waals surface area contributed by atoms with E-state index in [0.29, 0.717) is 22.0 Å². The number of carbonyl (C=O) groups excluding carboxylic acids is 1. The van der Waals surface area contributed by atoms with Gasteiger partial charge in [-0.05, 0) is 18.2 Å². The van der Waals surface area contributed by atoms with Gasteiger partial charge in [-0.3, -0.25) is 14.8 Å². The summed E-state index contributed by atoms with van der Waals surface area (Å²) in [4.78, 5) is 20.1. The van der Waals surface area contributed by atoms with Crippen LogP contribution in [0.1, 0.15) is 16.1 Å². The molecule has 0 fully saturated rings. The molecule has 1 heterocycles. The quantitative estimate of drug-likeness (QED) is 0.795. The van der Waals surface area contributed by atoms with Crippen LogP contribution in [0.3, 0.4) is 0 Å². The number of nitrogens with zero attached hydrogens (tertiary/aromatic N) is 2. The molecule has 0 atom stereocenters. The smallest absolute Gasteiger partial charge is 0.172 e. The van der Waals surface area contributed by atoms with Crippen LogP contribution in [0.2, 0.25) is 5.02 Å². The lowest BCUT2D eigenvalue weighted by Gasteiger charge is -2.07. The van der Waals surface area contributed by atoms with Gasteiger partial charge in [-0.2, -0.15) is 0 Å². The van der Waals surface area contributed by atoms with Crippen LogP contribution in [0, 0.1) is 0 Å². The summed E-state index contributed by atoms with van der Waals surface area (Å²) in [7, 11) is 1.52. The van der Waals surface area contributed by atoms with Crippen molar-refractivity contribution in [1.29, 1.82) is 0 Å². The van der Waals surface area contributed by atoms with Gasteiger partial charge < -0.3 is 4.74 Å². The van der Waals surface area contributed by atoms with Gasteiger partial charge >= 0.3 is 0 Å². The molecular weight excluding hydrogens is 252 g/mol. The van der Waals surface area contributed by atoms with Gasteiger partial charge in [0.15, 0.2) is 5.78 Å². The molecule has 0 amide bonds. The highest BCUT2D eigenvalue weighted by Gasteiger charge is 2.14. The Labute approximate surface area is 110 Å². The summed E-state index contributed by atoms with van der Waals surface area (Å²) in [6.45, 7) is 0. The molecule has 0 bridgehead atoms. The summed E-state index contributed by atoms with van der Waals surface area (Å²) in [5.74, 6) is 0.406. The third kappa shape index (κ3) is 2.84. The highest BCUT2D eigenvalue weighted by Crippen LogP contribution is 2.23. The predicted octanol–water partition coefficient (Wildman–Crippen LogP) is 2.56. The summed E-state index contributed by atoms with van der Waals surface area (Å²) in [5.41, 5.74) is 1.07. The normalized spacial score (nSPS) is 10.1. The maximum Gasteiger partial charge on any atom is 0.172 e. The Balaban J connectivity index is 2.26. The number of ketones is 1. The van der Waals surface area contributed by atoms with Gasteiger partial charge in [-0.15, -0.1) is 0 Å². The summed E-state index contributed by atoms with van der Waals surface area (Å²) >= 11 is 5.89. The largest absolute Gasteiger partial charge is 0.496 e. The van der Waals surface area contributed by atoms with Crippen LogP contribution in [-0.4, -0.2) is 22.9 Å². The zero-order chi connectivity index (χ0) is 13.0. The summed E-state index contributed by atoms with van der Waals surface area (Å²) < 4.78 is 5.14. The third-order valence-corrected chi connectivity index (χ3v) is 2.66. The number of rotatable bonds is 4. The molecular formula is C13H11ClN2O2. The monoisotopic (exact) mass is 262 g/mol. The third-order valence-electron chi connectivity index (χ3n) is 2.42. The lowest BCUT2D eigenvalue weighted by Crippen LogP contribution is -2.07. The van der Waals surface area contributed by atoms with Gasteiger partial charge in [0.25, 0.3) is 0 Å². The fourth-order valence-electron chi connectivity index (χ4n) is 1.58. The molecule has 92 valence electrons. The minimum Gasteiger partial charge on any atom is -0.496 e. The van der Waals surface area contributed by atoms with E-state index in [1.807, 2.05) is 0 Å². The molecule has 0 aliphatic carbocycles. The molecule has 0 aliphatic heterocycles. The first-order valence-electron chi connectivity index (χ1n) is 5.32. The molecule has 1 aromatic carbocycles. The molecule has 0 radical (unpaired) electrons. The average Bonchev–Trinajstić information content (AvgIpc) is 2.40. The average molecular weight is 263 g/mol. The van der Waals surface area contributed by atoms with Crippen LogP contribution >= 0.6 is 11.6 Å². The molecule has 4 nitrogen and oxygen atoms in total. The second kappa shape index (κ2) is 5.60. The van der Waals surface area contributed by atoms with Gasteiger partial charge in [-0.1, -0.05) is 11.6 Å². The lowest BCUT2D eigenvalue weighted by molar-refractivity contribution is 0.0989. The van der Waals surface area contributed by atoms with Crippen LogP contribution in [0.15, 0.2) is 36.8 Å². The molecule has 0 aliphatic rings. The molecule has 18 heavy (non-hydrogen) atoms. The maximum absolute atomic E-state index is 12.1. The van der Waals surface area contributed by atoms with E-state index in [-0.39, 0.29) is 12.2 Å². The number of halogens is 1. The van der Waals surface area contributed by atoms with E-state index in [2.05, 4.69) is 9.97 Å². The SMILES string of the molecule is COc1ccc(Cl)cc1C(=O)Cc1cnccn1. The molecule has 2 aromatic rings. The number of benzene rings is 1. The Morgan fingerprint density at radius 3 is 2.89 bits per heavy atom. The standard InChI is InChI=1S/C13H11ClN2O2/c1-18-13-3-2-9(14)6-11(13)12(17)7-10-8-15-4-5-16-10/h2-6,8H,7H2,1H3. The first-order chi connectivity index (χ1) is 8.70. The van der Waals surface area contributed by atoms with E-state index < -0.39 is 0 Å². The van der Waals surface area contributed by atoms with E-state index >= 15 is 0 Å². The second-order valence-electron chi connectivity index (χ2n) is 3.64. The zero-order valence-corrected chi connectivity index (χ0v) is 10.5. The van der Waals surface area contributed by atoms with Gasteiger partial charge in [0.1, 0.15) is 5.75 Å². The van der Waals surface area contributed by atoms with Crippen molar-refractivity contribution in [3.8, 4) is 5.75 Å². The molecule has 0 saturated carbocycles. The minimum atomic E-state index is -0.102. The Morgan fingerprint density at radius 1 is 1.39 bits per heavy atom. The Morgan fingerprint density at radius 2 is 2.22 bits per heavy atom. The predicted molar refractivity (Wildman–Crippen MR) is 68.1 cm³/mol. The lowest BCUT2D eigenvalue weighted by atomic mass is 10.1. The number of carbonyl (C=O) groups is 1. The highest BCUT2D eigenvalue weighted by atomic mass is 35.5. The first kappa shape index (κ1) is 12.5. The fourth-order valence-corrected chi connectivity index (χ4v) is 1.75. The van der Waals surface area contributed by atoms with Crippen molar-refractivity contribution in [3.63, 3.8) is 0 Å². The molecule has 5 heteroatoms. The minimum absolute atomic E-state index is 0.102. The highest BCUT2D eigenvalue weighted by molar-refractivity contribution is 6.31. The van der Waals surface area contributed by atoms with Crippen LogP contribution in [0.25, 0.3) is 0 Å². The number of ether oxygens (including phenoxy) is 1. The van der Waals surface area contributed by atoms with Crippen molar-refractivity contribution in [2.45, 2.75) is 6.42 Å². The van der Waals surface area contributed by atoms with E-state index in [1.165, 1.54) is 7.11 Å². The second-order valence-corrected chi connectivity index (χ2v) is 4.08. The summed E-state index contributed by atoms with van der Waals surface area (Å²) in [6, 6.07) is 4.95. The van der Waals surface area contributed by atoms with E-state index in [1.54, 1.807) is 36.8 Å². The molecule has 0 N–H and O–H groups in total. The van der Waals surface area contributed by atoms with Gasteiger partial charge in [0.05, 0.1) is 24.8 Å². The number of aromatic nitrogens is 2. The van der Waals surface area contributed by atoms with Crippen molar-refractivity contribution in [2.24, 2.45) is 0 Å². The fraction of sp³-hybridized carbons (Fsp3) is 0.154. The molecule has 1 aromatic heterocycles. The zero-order valence-electron chi connectivity index (χ0n) is 9.76. The van der Waals surface area contributed by atoms with Crippen LogP contribution < -0.4 is 4.74 Å². The van der Waals surface area contributed by atoms with Gasteiger partial charge in [0, 0.05) is 23.6 Å². The molecule has 0 saturated heterocycles. The number of hydrogen-bond donors (Lipinski definition) is 0. The summed E-state index contributed by atoms with van der Waals surface area (Å²) in [5, 5.41) is 0.498. The van der Waals surface area contributed by atoms with E-state index in [0.717, 1.165) is 0 Å². The maximum atomic E-state index is 12.1. The van der Waals surface area contributed by atoms with Crippen LogP contribution in [0.4, 0.5) is 0 Å². The van der Waals surface area contributed by atoms with Gasteiger partial charge in [0.2, 0.25) is 0 Å². The van der Waals surface area contributed by atoms with Crippen molar-refractivity contribution >= 4 is 17.4 Å². The van der Waals surface area contributed by atoms with E-state index in [4.69, 9.17) is 16.3 Å². The molecule has 2 rings (SSSR count). The van der Waals surface area contributed by atoms with Crippen molar-refractivity contribution in [2.75, 3.05) is 7.11 Å². The number of hydrogen-bond acceptors (Lipinski definition) is 4. The molecule has 0 spiro atoms. The Kier molecular flexibility index (Phi) is 3.89. The topological polar surface area (TPSA) is 52.1 Å².